The number of halogens is 1. The van der Waals surface area contributed by atoms with E-state index in [9.17, 15) is 13.2 Å². The van der Waals surface area contributed by atoms with Crippen molar-refractivity contribution in [3.05, 3.63) is 29.8 Å². The molecule has 1 aromatic carbocycles. The molecule has 0 aromatic heterocycles. The first-order valence-corrected chi connectivity index (χ1v) is 8.88. The lowest BCUT2D eigenvalue weighted by Gasteiger charge is -2.15. The Morgan fingerprint density at radius 2 is 1.74 bits per heavy atom. The Hall–Kier alpha value is -1.15. The maximum absolute atomic E-state index is 12.4. The molecule has 1 N–H and O–H groups in total. The van der Waals surface area contributed by atoms with Crippen LogP contribution in [0.5, 0.6) is 0 Å². The highest BCUT2D eigenvalue weighted by atomic mass is 35.5. The number of hydrogen-bond donors (Lipinski definition) is 1. The van der Waals surface area contributed by atoms with Gasteiger partial charge in [-0.2, -0.15) is 4.31 Å². The summed E-state index contributed by atoms with van der Waals surface area (Å²) in [4.78, 5) is 14.2. The van der Waals surface area contributed by atoms with E-state index in [2.05, 4.69) is 5.32 Å². The van der Waals surface area contributed by atoms with Gasteiger partial charge >= 0.3 is 0 Å². The largest absolute Gasteiger partial charge is 0.351 e. The standard InChI is InChI=1S/C15H23N3O3S.ClH/c1-17(2)12-9-16-15(19)13-5-7-14(8-6-13)22(20,21)18-10-3-4-11-18;/h5-8H,3-4,9-12H2,1-2H3,(H,16,19);1H. The molecule has 0 radical (unpaired) electrons. The topological polar surface area (TPSA) is 69.7 Å². The van der Waals surface area contributed by atoms with Crippen LogP contribution in [0.3, 0.4) is 0 Å². The zero-order chi connectivity index (χ0) is 16.2. The van der Waals surface area contributed by atoms with Gasteiger partial charge in [-0.15, -0.1) is 12.4 Å². The summed E-state index contributed by atoms with van der Waals surface area (Å²) in [7, 11) is 0.455. The summed E-state index contributed by atoms with van der Waals surface area (Å²) in [6.45, 7) is 2.47. The van der Waals surface area contributed by atoms with E-state index in [-0.39, 0.29) is 23.2 Å². The van der Waals surface area contributed by atoms with Crippen LogP contribution in [-0.2, 0) is 10.0 Å². The van der Waals surface area contributed by atoms with Crippen LogP contribution in [0.1, 0.15) is 23.2 Å². The van der Waals surface area contributed by atoms with Crippen LogP contribution >= 0.6 is 12.4 Å². The van der Waals surface area contributed by atoms with Crippen molar-refractivity contribution in [2.45, 2.75) is 17.7 Å². The molecule has 6 nitrogen and oxygen atoms in total. The minimum absolute atomic E-state index is 0. The van der Waals surface area contributed by atoms with Crippen molar-refractivity contribution >= 4 is 28.3 Å². The number of sulfonamides is 1. The molecule has 0 unspecified atom stereocenters. The summed E-state index contributed by atoms with van der Waals surface area (Å²) in [5, 5.41) is 2.80. The molecule has 2 rings (SSSR count). The molecule has 0 bridgehead atoms. The second kappa shape index (κ2) is 8.63. The number of carbonyl (C=O) groups excluding carboxylic acids is 1. The molecule has 0 spiro atoms. The molecule has 1 aliphatic rings. The molecule has 130 valence electrons. The van der Waals surface area contributed by atoms with Gasteiger partial charge < -0.3 is 10.2 Å². The Labute approximate surface area is 144 Å². The molecule has 1 aromatic rings. The molecule has 0 saturated carbocycles. The Morgan fingerprint density at radius 3 is 2.26 bits per heavy atom. The van der Waals surface area contributed by atoms with Gasteiger partial charge in [0.05, 0.1) is 4.90 Å². The Balaban J connectivity index is 0.00000264. The molecular formula is C15H24ClN3O3S. The molecule has 1 saturated heterocycles. The maximum atomic E-state index is 12.4. The molecular weight excluding hydrogens is 338 g/mol. The number of rotatable bonds is 6. The van der Waals surface area contributed by atoms with Gasteiger partial charge in [0, 0.05) is 31.7 Å². The second-order valence-electron chi connectivity index (χ2n) is 5.69. The molecule has 0 atom stereocenters. The van der Waals surface area contributed by atoms with Gasteiger partial charge in [-0.05, 0) is 51.2 Å². The lowest BCUT2D eigenvalue weighted by molar-refractivity contribution is 0.0951. The lowest BCUT2D eigenvalue weighted by Crippen LogP contribution is -2.31. The van der Waals surface area contributed by atoms with Crippen molar-refractivity contribution in [1.29, 1.82) is 0 Å². The Kier molecular flexibility index (Phi) is 7.47. The fourth-order valence-electron chi connectivity index (χ4n) is 2.35. The summed E-state index contributed by atoms with van der Waals surface area (Å²) in [6, 6.07) is 6.14. The van der Waals surface area contributed by atoms with Gasteiger partial charge in [-0.3, -0.25) is 4.79 Å². The number of carbonyl (C=O) groups is 1. The Bertz CT molecular complexity index is 611. The van der Waals surface area contributed by atoms with E-state index in [0.29, 0.717) is 25.2 Å². The van der Waals surface area contributed by atoms with Gasteiger partial charge in [0.1, 0.15) is 0 Å². The number of nitrogens with one attached hydrogen (secondary N) is 1. The normalized spacial score (nSPS) is 15.4. The molecule has 23 heavy (non-hydrogen) atoms. The van der Waals surface area contributed by atoms with Crippen molar-refractivity contribution in [2.24, 2.45) is 0 Å². The summed E-state index contributed by atoms with van der Waals surface area (Å²) in [6.07, 6.45) is 1.82. The molecule has 0 aliphatic carbocycles. The number of likely N-dealkylation sites (N-methyl/N-ethyl adjacent to an activating group) is 1. The van der Waals surface area contributed by atoms with Crippen LogP contribution in [0.15, 0.2) is 29.2 Å². The highest BCUT2D eigenvalue weighted by molar-refractivity contribution is 7.89. The van der Waals surface area contributed by atoms with Crippen LogP contribution in [0, 0.1) is 0 Å². The average molecular weight is 362 g/mol. The summed E-state index contributed by atoms with van der Waals surface area (Å²) < 4.78 is 26.3. The van der Waals surface area contributed by atoms with E-state index < -0.39 is 10.0 Å². The van der Waals surface area contributed by atoms with Gasteiger partial charge in [0.2, 0.25) is 10.0 Å². The third kappa shape index (κ3) is 5.17. The number of benzene rings is 1. The highest BCUT2D eigenvalue weighted by Gasteiger charge is 2.27. The molecule has 8 heteroatoms. The van der Waals surface area contributed by atoms with E-state index >= 15 is 0 Å². The first-order chi connectivity index (χ1) is 10.4. The summed E-state index contributed by atoms with van der Waals surface area (Å²) >= 11 is 0. The van der Waals surface area contributed by atoms with Crippen molar-refractivity contribution in [3.8, 4) is 0 Å². The van der Waals surface area contributed by atoms with Gasteiger partial charge in [-0.1, -0.05) is 0 Å². The zero-order valence-electron chi connectivity index (χ0n) is 13.5. The third-order valence-electron chi connectivity index (χ3n) is 3.66. The van der Waals surface area contributed by atoms with E-state index in [1.165, 1.54) is 16.4 Å². The van der Waals surface area contributed by atoms with E-state index in [0.717, 1.165) is 19.4 Å². The van der Waals surface area contributed by atoms with Crippen molar-refractivity contribution in [2.75, 3.05) is 40.3 Å². The van der Waals surface area contributed by atoms with Crippen LogP contribution in [0.4, 0.5) is 0 Å². The number of nitrogens with zero attached hydrogens (tertiary/aromatic N) is 2. The lowest BCUT2D eigenvalue weighted by atomic mass is 10.2. The van der Waals surface area contributed by atoms with Crippen LogP contribution in [0.2, 0.25) is 0 Å². The Morgan fingerprint density at radius 1 is 1.17 bits per heavy atom. The van der Waals surface area contributed by atoms with E-state index in [4.69, 9.17) is 0 Å². The first kappa shape index (κ1) is 19.9. The molecule has 1 heterocycles. The number of amides is 1. The minimum atomic E-state index is -3.41. The molecule has 1 fully saturated rings. The highest BCUT2D eigenvalue weighted by Crippen LogP contribution is 2.20. The smallest absolute Gasteiger partial charge is 0.251 e. The van der Waals surface area contributed by atoms with Crippen LogP contribution < -0.4 is 5.32 Å². The first-order valence-electron chi connectivity index (χ1n) is 7.44. The van der Waals surface area contributed by atoms with E-state index in [1.54, 1.807) is 12.1 Å². The van der Waals surface area contributed by atoms with E-state index in [1.807, 2.05) is 19.0 Å². The van der Waals surface area contributed by atoms with Crippen molar-refractivity contribution in [1.82, 2.24) is 14.5 Å². The fourth-order valence-corrected chi connectivity index (χ4v) is 3.87. The predicted octanol–water partition coefficient (Wildman–Crippen LogP) is 1.18. The van der Waals surface area contributed by atoms with Crippen LogP contribution in [-0.4, -0.2) is 63.8 Å². The molecule has 1 aliphatic heterocycles. The quantitative estimate of drug-likeness (QED) is 0.826. The zero-order valence-corrected chi connectivity index (χ0v) is 15.1. The number of hydrogen-bond acceptors (Lipinski definition) is 4. The van der Waals surface area contributed by atoms with Crippen LogP contribution in [0.25, 0.3) is 0 Å². The van der Waals surface area contributed by atoms with Crippen molar-refractivity contribution < 1.29 is 13.2 Å². The SMILES string of the molecule is CN(C)CCNC(=O)c1ccc(S(=O)(=O)N2CCCC2)cc1.Cl. The predicted molar refractivity (Wildman–Crippen MR) is 92.6 cm³/mol. The maximum Gasteiger partial charge on any atom is 0.251 e. The third-order valence-corrected chi connectivity index (χ3v) is 5.58. The fraction of sp³-hybridized carbons (Fsp3) is 0.533. The summed E-state index contributed by atoms with van der Waals surface area (Å²) in [5.41, 5.74) is 0.471. The van der Waals surface area contributed by atoms with Gasteiger partial charge in [-0.25, -0.2) is 8.42 Å². The van der Waals surface area contributed by atoms with Gasteiger partial charge in [0.25, 0.3) is 5.91 Å². The summed E-state index contributed by atoms with van der Waals surface area (Å²) in [5.74, 6) is -0.188. The minimum Gasteiger partial charge on any atom is -0.351 e. The molecule has 1 amide bonds. The van der Waals surface area contributed by atoms with Gasteiger partial charge in [0.15, 0.2) is 0 Å². The average Bonchev–Trinajstić information content (AvgIpc) is 3.02. The monoisotopic (exact) mass is 361 g/mol. The second-order valence-corrected chi connectivity index (χ2v) is 7.63. The van der Waals surface area contributed by atoms with Crippen molar-refractivity contribution in [3.63, 3.8) is 0 Å².